The molecular weight excluding hydrogens is 466 g/mol. The van der Waals surface area contributed by atoms with Crippen LogP contribution >= 0.6 is 0 Å². The molecule has 1 saturated heterocycles. The van der Waals surface area contributed by atoms with Crippen molar-refractivity contribution in [2.24, 2.45) is 5.92 Å². The van der Waals surface area contributed by atoms with Crippen LogP contribution in [0, 0.1) is 5.92 Å². The molecule has 1 aliphatic carbocycles. The van der Waals surface area contributed by atoms with E-state index in [9.17, 15) is 15.3 Å². The quantitative estimate of drug-likeness (QED) is 0.242. The number of hydrogen-bond donors (Lipinski definition) is 5. The molecule has 1 aromatic carbocycles. The molecule has 0 amide bonds. The summed E-state index contributed by atoms with van der Waals surface area (Å²) in [7, 11) is 1.62. The second-order valence-electron chi connectivity index (χ2n) is 9.15. The van der Waals surface area contributed by atoms with Crippen molar-refractivity contribution in [3.63, 3.8) is 0 Å². The molecule has 5 N–H and O–H groups in total. The summed E-state index contributed by atoms with van der Waals surface area (Å²) in [6.07, 6.45) is 1.25. The summed E-state index contributed by atoms with van der Waals surface area (Å²) in [6.45, 7) is 0.340. The molecule has 188 valence electrons. The number of aliphatic hydroxyl groups excluding tert-OH is 3. The van der Waals surface area contributed by atoms with Crippen LogP contribution in [0.25, 0.3) is 33.8 Å². The van der Waals surface area contributed by atoms with Gasteiger partial charge in [-0.3, -0.25) is 9.67 Å². The van der Waals surface area contributed by atoms with Gasteiger partial charge in [0.1, 0.15) is 29.8 Å². The number of hydrogen-bond acceptors (Lipinski definition) is 10. The minimum atomic E-state index is -1.26. The van der Waals surface area contributed by atoms with Crippen molar-refractivity contribution in [2.45, 2.75) is 37.4 Å². The predicted molar refractivity (Wildman–Crippen MR) is 129 cm³/mol. The van der Waals surface area contributed by atoms with E-state index in [4.69, 9.17) is 19.4 Å². The number of anilines is 1. The second-order valence-corrected chi connectivity index (χ2v) is 9.15. The van der Waals surface area contributed by atoms with E-state index < -0.39 is 31.1 Å². The molecule has 4 atom stereocenters. The molecule has 0 spiro atoms. The summed E-state index contributed by atoms with van der Waals surface area (Å²) in [6, 6.07) is 7.61. The van der Waals surface area contributed by atoms with Gasteiger partial charge in [0.2, 0.25) is 0 Å². The summed E-state index contributed by atoms with van der Waals surface area (Å²) >= 11 is 0. The van der Waals surface area contributed by atoms with E-state index in [1.165, 1.54) is 19.2 Å². The Morgan fingerprint density at radius 3 is 2.67 bits per heavy atom. The van der Waals surface area contributed by atoms with Gasteiger partial charge >= 0.3 is 0 Å². The van der Waals surface area contributed by atoms with Gasteiger partial charge in [0.25, 0.3) is 0 Å². The average molecular weight is 494 g/mol. The SMILES string of the molecule is COc1ccc(-c2c[nH]nc2-c2nc(NCC3CC3)c3ncn([C@@H]4O[C@H](CO)[C@@H](O)[C@H]4O)c3n2)cc1. The Morgan fingerprint density at radius 1 is 1.17 bits per heavy atom. The normalized spacial score (nSPS) is 23.9. The maximum Gasteiger partial charge on any atom is 0.184 e. The lowest BCUT2D eigenvalue weighted by Gasteiger charge is -2.17. The Kier molecular flexibility index (Phi) is 5.80. The lowest BCUT2D eigenvalue weighted by molar-refractivity contribution is -0.0511. The van der Waals surface area contributed by atoms with E-state index in [1.54, 1.807) is 17.9 Å². The Hall–Kier alpha value is -3.58. The number of aliphatic hydroxyl groups is 3. The molecule has 2 aliphatic rings. The zero-order chi connectivity index (χ0) is 24.8. The number of imidazole rings is 1. The number of benzene rings is 1. The van der Waals surface area contributed by atoms with Gasteiger partial charge in [0.05, 0.1) is 20.0 Å². The van der Waals surface area contributed by atoms with E-state index in [-0.39, 0.29) is 0 Å². The lowest BCUT2D eigenvalue weighted by Crippen LogP contribution is -2.33. The van der Waals surface area contributed by atoms with Gasteiger partial charge in [-0.15, -0.1) is 0 Å². The fourth-order valence-corrected chi connectivity index (χ4v) is 4.46. The largest absolute Gasteiger partial charge is 0.497 e. The van der Waals surface area contributed by atoms with Crippen LogP contribution in [0.2, 0.25) is 0 Å². The minimum absolute atomic E-state index is 0.362. The van der Waals surface area contributed by atoms with Crippen LogP contribution in [-0.4, -0.2) is 83.6 Å². The van der Waals surface area contributed by atoms with E-state index in [0.29, 0.717) is 34.4 Å². The zero-order valence-electron chi connectivity index (χ0n) is 19.6. The maximum absolute atomic E-state index is 10.6. The molecular formula is C24H27N7O5. The molecule has 2 fully saturated rings. The molecule has 0 unspecified atom stereocenters. The maximum atomic E-state index is 10.6. The van der Waals surface area contributed by atoms with Crippen molar-refractivity contribution >= 4 is 17.0 Å². The van der Waals surface area contributed by atoms with Crippen molar-refractivity contribution in [3.8, 4) is 28.4 Å². The first-order valence-electron chi connectivity index (χ1n) is 11.9. The van der Waals surface area contributed by atoms with Crippen molar-refractivity contribution in [1.29, 1.82) is 0 Å². The Morgan fingerprint density at radius 2 is 1.97 bits per heavy atom. The van der Waals surface area contributed by atoms with Crippen molar-refractivity contribution in [1.82, 2.24) is 29.7 Å². The number of aromatic nitrogens is 6. The van der Waals surface area contributed by atoms with Crippen molar-refractivity contribution in [2.75, 3.05) is 25.6 Å². The van der Waals surface area contributed by atoms with E-state index in [0.717, 1.165) is 23.4 Å². The third kappa shape index (κ3) is 3.97. The highest BCUT2D eigenvalue weighted by atomic mass is 16.6. The summed E-state index contributed by atoms with van der Waals surface area (Å²) < 4.78 is 12.6. The summed E-state index contributed by atoms with van der Waals surface area (Å²) in [5.74, 6) is 2.26. The van der Waals surface area contributed by atoms with Crippen LogP contribution in [0.3, 0.4) is 0 Å². The average Bonchev–Trinajstić information content (AvgIpc) is 3.30. The smallest absolute Gasteiger partial charge is 0.184 e. The fraction of sp³-hybridized carbons (Fsp3) is 0.417. The summed E-state index contributed by atoms with van der Waals surface area (Å²) in [5.41, 5.74) is 3.19. The molecule has 4 aromatic rings. The van der Waals surface area contributed by atoms with Gasteiger partial charge < -0.3 is 30.1 Å². The molecule has 12 nitrogen and oxygen atoms in total. The van der Waals surface area contributed by atoms with Crippen LogP contribution in [0.4, 0.5) is 5.82 Å². The molecule has 6 rings (SSSR count). The molecule has 12 heteroatoms. The topological polar surface area (TPSA) is 163 Å². The number of nitrogens with zero attached hydrogens (tertiary/aromatic N) is 5. The molecule has 0 radical (unpaired) electrons. The Labute approximate surface area is 206 Å². The van der Waals surface area contributed by atoms with Gasteiger partial charge in [-0.25, -0.2) is 15.0 Å². The van der Waals surface area contributed by atoms with Crippen LogP contribution in [0.15, 0.2) is 36.8 Å². The Bertz CT molecular complexity index is 1370. The number of H-pyrrole nitrogens is 1. The second kappa shape index (κ2) is 9.13. The molecule has 1 aliphatic heterocycles. The molecule has 1 saturated carbocycles. The van der Waals surface area contributed by atoms with Gasteiger partial charge in [0, 0.05) is 18.3 Å². The first kappa shape index (κ1) is 22.9. The highest BCUT2D eigenvalue weighted by Crippen LogP contribution is 2.36. The van der Waals surface area contributed by atoms with Crippen LogP contribution < -0.4 is 10.1 Å². The summed E-state index contributed by atoms with van der Waals surface area (Å²) in [5, 5.41) is 41.1. The van der Waals surface area contributed by atoms with Crippen molar-refractivity contribution in [3.05, 3.63) is 36.8 Å². The molecule has 36 heavy (non-hydrogen) atoms. The van der Waals surface area contributed by atoms with Crippen molar-refractivity contribution < 1.29 is 24.8 Å². The number of nitrogens with one attached hydrogen (secondary N) is 2. The lowest BCUT2D eigenvalue weighted by atomic mass is 10.1. The number of rotatable bonds is 8. The van der Waals surface area contributed by atoms with Gasteiger partial charge in [-0.1, -0.05) is 12.1 Å². The van der Waals surface area contributed by atoms with Crippen LogP contribution in [0.5, 0.6) is 5.75 Å². The zero-order valence-corrected chi connectivity index (χ0v) is 19.6. The first-order chi connectivity index (χ1) is 17.6. The minimum Gasteiger partial charge on any atom is -0.497 e. The van der Waals surface area contributed by atoms with Gasteiger partial charge in [0.15, 0.2) is 29.0 Å². The van der Waals surface area contributed by atoms with Gasteiger partial charge in [-0.2, -0.15) is 5.10 Å². The number of ether oxygens (including phenoxy) is 2. The molecule has 4 heterocycles. The highest BCUT2D eigenvalue weighted by molar-refractivity contribution is 5.87. The Balaban J connectivity index is 1.45. The van der Waals surface area contributed by atoms with Gasteiger partial charge in [-0.05, 0) is 36.5 Å². The monoisotopic (exact) mass is 493 g/mol. The molecule has 0 bridgehead atoms. The number of aromatic amines is 1. The third-order valence-electron chi connectivity index (χ3n) is 6.72. The first-order valence-corrected chi connectivity index (χ1v) is 11.9. The van der Waals surface area contributed by atoms with Crippen LogP contribution in [-0.2, 0) is 4.74 Å². The molecule has 3 aromatic heterocycles. The standard InChI is InChI=1S/C24H27N7O5/c1-35-14-6-4-13(5-7-14)15-9-27-30-17(15)22-28-21(25-8-12-2-3-12)18-23(29-22)31(11-26-18)24-20(34)19(33)16(10-32)36-24/h4-7,9,11-12,16,19-20,24,32-34H,2-3,8,10H2,1H3,(H,27,30)(H,25,28,29)/t16-,19-,20-,24-/m1/s1. The summed E-state index contributed by atoms with van der Waals surface area (Å²) in [4.78, 5) is 14.0. The predicted octanol–water partition coefficient (Wildman–Crippen LogP) is 1.33. The number of fused-ring (bicyclic) bond motifs is 1. The number of methoxy groups -OCH3 is 1. The highest BCUT2D eigenvalue weighted by Gasteiger charge is 2.44. The van der Waals surface area contributed by atoms with E-state index in [1.807, 2.05) is 24.3 Å². The third-order valence-corrected chi connectivity index (χ3v) is 6.72. The van der Waals surface area contributed by atoms with E-state index in [2.05, 4.69) is 20.5 Å². The fourth-order valence-electron chi connectivity index (χ4n) is 4.46. The van der Waals surface area contributed by atoms with Crippen LogP contribution in [0.1, 0.15) is 19.1 Å². The van der Waals surface area contributed by atoms with E-state index >= 15 is 0 Å².